The van der Waals surface area contributed by atoms with Gasteiger partial charge in [-0.15, -0.1) is 0 Å². The van der Waals surface area contributed by atoms with E-state index in [0.29, 0.717) is 16.9 Å². The van der Waals surface area contributed by atoms with Crippen LogP contribution in [0.5, 0.6) is 5.75 Å². The Hall–Kier alpha value is -2.17. The molecule has 0 spiro atoms. The van der Waals surface area contributed by atoms with Crippen LogP contribution in [0.15, 0.2) is 30.0 Å². The van der Waals surface area contributed by atoms with Crippen molar-refractivity contribution in [2.45, 2.75) is 77.2 Å². The van der Waals surface area contributed by atoms with E-state index in [0.717, 1.165) is 51.4 Å². The number of hydrogen-bond acceptors (Lipinski definition) is 2. The van der Waals surface area contributed by atoms with Crippen molar-refractivity contribution >= 4 is 10.8 Å². The molecular weight excluding hydrogens is 401 g/mol. The molecule has 31 heavy (non-hydrogen) atoms. The molecule has 0 radical (unpaired) electrons. The predicted molar refractivity (Wildman–Crippen MR) is 117 cm³/mol. The highest BCUT2D eigenvalue weighted by Crippen LogP contribution is 2.42. The fourth-order valence-electron chi connectivity index (χ4n) is 5.24. The Balaban J connectivity index is 1.49. The summed E-state index contributed by atoms with van der Waals surface area (Å²) in [7, 11) is 0. The molecule has 5 heteroatoms. The van der Waals surface area contributed by atoms with Gasteiger partial charge < -0.3 is 9.47 Å². The first kappa shape index (κ1) is 22.0. The lowest BCUT2D eigenvalue weighted by atomic mass is 9.75. The minimum atomic E-state index is -1.11. The standard InChI is InChI=1S/C26H31F3O2/c1-3-5-16-6-12-21(31-15-16)18-9-7-17(8-10-18)20-14-19-11-13-22(30-4-2)25(28)23(19)26(29)24(20)27/h11,13-15,17-18,21H,3-10,12H2,1-2H3. The number of hydrogen-bond donors (Lipinski definition) is 0. The number of allylic oxidation sites excluding steroid dienone is 1. The van der Waals surface area contributed by atoms with Crippen LogP contribution in [-0.4, -0.2) is 12.7 Å². The van der Waals surface area contributed by atoms with Crippen LogP contribution >= 0.6 is 0 Å². The van der Waals surface area contributed by atoms with Crippen molar-refractivity contribution in [3.8, 4) is 5.75 Å². The largest absolute Gasteiger partial charge is 0.498 e. The fraction of sp³-hybridized carbons (Fsp3) is 0.538. The first-order chi connectivity index (χ1) is 15.0. The first-order valence-corrected chi connectivity index (χ1v) is 11.6. The zero-order valence-corrected chi connectivity index (χ0v) is 18.4. The number of benzene rings is 2. The highest BCUT2D eigenvalue weighted by atomic mass is 19.2. The lowest BCUT2D eigenvalue weighted by Crippen LogP contribution is -2.28. The second kappa shape index (κ2) is 9.54. The maximum atomic E-state index is 15.0. The number of halogens is 3. The molecule has 0 bridgehead atoms. The number of fused-ring (bicyclic) bond motifs is 1. The second-order valence-corrected chi connectivity index (χ2v) is 8.85. The smallest absolute Gasteiger partial charge is 0.175 e. The monoisotopic (exact) mass is 432 g/mol. The molecular formula is C26H31F3O2. The maximum Gasteiger partial charge on any atom is 0.175 e. The molecule has 1 aliphatic carbocycles. The van der Waals surface area contributed by atoms with Gasteiger partial charge >= 0.3 is 0 Å². The van der Waals surface area contributed by atoms with Crippen LogP contribution in [0.25, 0.3) is 10.8 Å². The summed E-state index contributed by atoms with van der Waals surface area (Å²) in [6.07, 6.45) is 9.99. The topological polar surface area (TPSA) is 18.5 Å². The number of rotatable bonds is 6. The third-order valence-corrected chi connectivity index (χ3v) is 6.88. The molecule has 0 amide bonds. The highest BCUT2D eigenvalue weighted by molar-refractivity contribution is 5.86. The van der Waals surface area contributed by atoms with Gasteiger partial charge in [-0.2, -0.15) is 0 Å². The SMILES string of the molecule is CCCC1=COC(C2CCC(c3cc4ccc(OCC)c(F)c4c(F)c3F)CC2)CC1. The van der Waals surface area contributed by atoms with E-state index < -0.39 is 17.5 Å². The molecule has 1 unspecified atom stereocenters. The Morgan fingerprint density at radius 1 is 0.968 bits per heavy atom. The lowest BCUT2D eigenvalue weighted by molar-refractivity contribution is 0.0444. The van der Waals surface area contributed by atoms with Gasteiger partial charge in [0.15, 0.2) is 23.2 Å². The van der Waals surface area contributed by atoms with Gasteiger partial charge in [-0.1, -0.05) is 19.4 Å². The van der Waals surface area contributed by atoms with E-state index in [1.54, 1.807) is 19.1 Å². The van der Waals surface area contributed by atoms with Gasteiger partial charge in [0.1, 0.15) is 6.10 Å². The average molecular weight is 433 g/mol. The molecule has 1 fully saturated rings. The van der Waals surface area contributed by atoms with E-state index in [1.165, 1.54) is 11.6 Å². The summed E-state index contributed by atoms with van der Waals surface area (Å²) >= 11 is 0. The molecule has 1 aliphatic heterocycles. The van der Waals surface area contributed by atoms with Crippen LogP contribution in [0.2, 0.25) is 0 Å². The molecule has 1 atom stereocenters. The van der Waals surface area contributed by atoms with Gasteiger partial charge in [-0.05, 0) is 92.4 Å². The van der Waals surface area contributed by atoms with E-state index in [2.05, 4.69) is 6.92 Å². The Kier molecular flexibility index (Phi) is 6.78. The Morgan fingerprint density at radius 2 is 1.74 bits per heavy atom. The molecule has 2 nitrogen and oxygen atoms in total. The Bertz CT molecular complexity index is 961. The van der Waals surface area contributed by atoms with Gasteiger partial charge in [-0.25, -0.2) is 13.2 Å². The van der Waals surface area contributed by atoms with Gasteiger partial charge in [0.25, 0.3) is 0 Å². The van der Waals surface area contributed by atoms with Crippen LogP contribution in [0.4, 0.5) is 13.2 Å². The van der Waals surface area contributed by atoms with E-state index in [4.69, 9.17) is 9.47 Å². The summed E-state index contributed by atoms with van der Waals surface area (Å²) in [5.41, 5.74) is 1.75. The van der Waals surface area contributed by atoms with Crippen LogP contribution in [0, 0.1) is 23.4 Å². The Labute approximate surface area is 182 Å². The van der Waals surface area contributed by atoms with Crippen molar-refractivity contribution in [2.75, 3.05) is 6.61 Å². The summed E-state index contributed by atoms with van der Waals surface area (Å²) in [5.74, 6) is -2.53. The van der Waals surface area contributed by atoms with Crippen molar-refractivity contribution < 1.29 is 22.6 Å². The summed E-state index contributed by atoms with van der Waals surface area (Å²) in [4.78, 5) is 0. The summed E-state index contributed by atoms with van der Waals surface area (Å²) in [6.45, 7) is 4.16. The predicted octanol–water partition coefficient (Wildman–Crippen LogP) is 7.79. The van der Waals surface area contributed by atoms with Crippen molar-refractivity contribution in [1.29, 1.82) is 0 Å². The van der Waals surface area contributed by atoms with E-state index >= 15 is 0 Å². The highest BCUT2D eigenvalue weighted by Gasteiger charge is 2.32. The van der Waals surface area contributed by atoms with E-state index in [9.17, 15) is 13.2 Å². The summed E-state index contributed by atoms with van der Waals surface area (Å²) < 4.78 is 55.7. The zero-order chi connectivity index (χ0) is 22.0. The van der Waals surface area contributed by atoms with E-state index in [-0.39, 0.29) is 29.8 Å². The summed E-state index contributed by atoms with van der Waals surface area (Å²) in [5, 5.41) is 0.0485. The molecule has 0 saturated heterocycles. The molecule has 2 aromatic rings. The minimum Gasteiger partial charge on any atom is -0.498 e. The maximum absolute atomic E-state index is 15.0. The normalized spacial score (nSPS) is 24.0. The molecule has 1 heterocycles. The van der Waals surface area contributed by atoms with Crippen molar-refractivity contribution in [3.63, 3.8) is 0 Å². The third-order valence-electron chi connectivity index (χ3n) is 6.88. The minimum absolute atomic E-state index is 0.0508. The number of ether oxygens (including phenoxy) is 2. The molecule has 0 aromatic heterocycles. The van der Waals surface area contributed by atoms with Crippen molar-refractivity contribution in [3.05, 3.63) is 53.0 Å². The third kappa shape index (κ3) is 4.42. The molecule has 0 N–H and O–H groups in total. The molecule has 2 aliphatic rings. The van der Waals surface area contributed by atoms with Crippen LogP contribution < -0.4 is 4.74 Å². The first-order valence-electron chi connectivity index (χ1n) is 11.6. The zero-order valence-electron chi connectivity index (χ0n) is 18.4. The Morgan fingerprint density at radius 3 is 2.39 bits per heavy atom. The van der Waals surface area contributed by atoms with Crippen LogP contribution in [0.3, 0.4) is 0 Å². The van der Waals surface area contributed by atoms with Gasteiger partial charge in [0, 0.05) is 0 Å². The van der Waals surface area contributed by atoms with Gasteiger partial charge in [-0.3, -0.25) is 0 Å². The summed E-state index contributed by atoms with van der Waals surface area (Å²) in [6, 6.07) is 4.71. The molecule has 1 saturated carbocycles. The van der Waals surface area contributed by atoms with Crippen molar-refractivity contribution in [2.24, 2.45) is 5.92 Å². The quantitative estimate of drug-likeness (QED) is 0.464. The second-order valence-electron chi connectivity index (χ2n) is 8.85. The molecule has 4 rings (SSSR count). The van der Waals surface area contributed by atoms with Crippen molar-refractivity contribution in [1.82, 2.24) is 0 Å². The van der Waals surface area contributed by atoms with Gasteiger partial charge in [0.05, 0.1) is 18.3 Å². The van der Waals surface area contributed by atoms with Crippen LogP contribution in [-0.2, 0) is 4.74 Å². The molecule has 168 valence electrons. The van der Waals surface area contributed by atoms with Crippen LogP contribution in [0.1, 0.15) is 76.7 Å². The fourth-order valence-corrected chi connectivity index (χ4v) is 5.24. The lowest BCUT2D eigenvalue weighted by Gasteiger charge is -2.35. The average Bonchev–Trinajstić information content (AvgIpc) is 2.79. The van der Waals surface area contributed by atoms with E-state index in [1.807, 2.05) is 6.26 Å². The molecule has 2 aromatic carbocycles. The van der Waals surface area contributed by atoms with Gasteiger partial charge in [0.2, 0.25) is 0 Å².